The SMILES string of the molecule is CNC(=O)C(CC(C)C)NC1CCCC(C(C)C)C1. The van der Waals surface area contributed by atoms with Gasteiger partial charge >= 0.3 is 0 Å². The average Bonchev–Trinajstić information content (AvgIpc) is 2.36. The van der Waals surface area contributed by atoms with Crippen LogP contribution >= 0.6 is 0 Å². The minimum atomic E-state index is -0.0269. The second-order valence-corrected chi connectivity index (χ2v) is 6.83. The van der Waals surface area contributed by atoms with Gasteiger partial charge in [0.2, 0.25) is 5.91 Å². The molecule has 1 aliphatic rings. The molecule has 0 bridgehead atoms. The first kappa shape index (κ1) is 16.5. The molecule has 1 saturated carbocycles. The van der Waals surface area contributed by atoms with Crippen molar-refractivity contribution in [2.24, 2.45) is 17.8 Å². The molecule has 0 spiro atoms. The van der Waals surface area contributed by atoms with Crippen LogP contribution in [0, 0.1) is 17.8 Å². The molecule has 1 rings (SSSR count). The molecule has 1 aliphatic carbocycles. The number of carbonyl (C=O) groups excluding carboxylic acids is 1. The van der Waals surface area contributed by atoms with Crippen molar-refractivity contribution in [3.05, 3.63) is 0 Å². The number of hydrogen-bond donors (Lipinski definition) is 2. The van der Waals surface area contributed by atoms with E-state index in [9.17, 15) is 4.79 Å². The zero-order valence-corrected chi connectivity index (χ0v) is 13.3. The molecule has 2 N–H and O–H groups in total. The molecule has 0 aromatic heterocycles. The predicted molar refractivity (Wildman–Crippen MR) is 81.0 cm³/mol. The molecule has 19 heavy (non-hydrogen) atoms. The number of nitrogens with one attached hydrogen (secondary N) is 2. The molecule has 0 aromatic rings. The second-order valence-electron chi connectivity index (χ2n) is 6.83. The number of carbonyl (C=O) groups is 1. The molecule has 0 radical (unpaired) electrons. The third kappa shape index (κ3) is 5.52. The summed E-state index contributed by atoms with van der Waals surface area (Å²) in [5, 5.41) is 6.40. The fourth-order valence-electron chi connectivity index (χ4n) is 3.17. The van der Waals surface area contributed by atoms with Crippen molar-refractivity contribution in [3.8, 4) is 0 Å². The van der Waals surface area contributed by atoms with Crippen molar-refractivity contribution in [3.63, 3.8) is 0 Å². The number of hydrogen-bond acceptors (Lipinski definition) is 2. The average molecular weight is 268 g/mol. The summed E-state index contributed by atoms with van der Waals surface area (Å²) in [6.45, 7) is 8.99. The Labute approximate surface area is 118 Å². The molecule has 3 nitrogen and oxygen atoms in total. The van der Waals surface area contributed by atoms with Crippen molar-refractivity contribution >= 4 is 5.91 Å². The van der Waals surface area contributed by atoms with Gasteiger partial charge in [0, 0.05) is 13.1 Å². The first-order valence-corrected chi connectivity index (χ1v) is 7.91. The molecule has 0 saturated heterocycles. The van der Waals surface area contributed by atoms with E-state index in [2.05, 4.69) is 38.3 Å². The third-order valence-electron chi connectivity index (χ3n) is 4.36. The lowest BCUT2D eigenvalue weighted by atomic mass is 9.79. The summed E-state index contributed by atoms with van der Waals surface area (Å²) in [5.74, 6) is 2.25. The highest BCUT2D eigenvalue weighted by molar-refractivity contribution is 5.81. The molecule has 112 valence electrons. The molecule has 1 amide bonds. The molecule has 0 heterocycles. The Kier molecular flexibility index (Phi) is 6.84. The summed E-state index contributed by atoms with van der Waals surface area (Å²) in [4.78, 5) is 12.0. The van der Waals surface area contributed by atoms with Crippen LogP contribution in [0.15, 0.2) is 0 Å². The molecule has 1 fully saturated rings. The van der Waals surface area contributed by atoms with E-state index in [-0.39, 0.29) is 11.9 Å². The Bertz CT molecular complexity index is 276. The fourth-order valence-corrected chi connectivity index (χ4v) is 3.17. The van der Waals surface area contributed by atoms with Gasteiger partial charge in [-0.25, -0.2) is 0 Å². The van der Waals surface area contributed by atoms with Crippen LogP contribution in [0.4, 0.5) is 0 Å². The highest BCUT2D eigenvalue weighted by Crippen LogP contribution is 2.30. The lowest BCUT2D eigenvalue weighted by Crippen LogP contribution is -2.49. The van der Waals surface area contributed by atoms with Gasteiger partial charge in [0.1, 0.15) is 0 Å². The van der Waals surface area contributed by atoms with Crippen LogP contribution in [0.5, 0.6) is 0 Å². The normalized spacial score (nSPS) is 25.6. The third-order valence-corrected chi connectivity index (χ3v) is 4.36. The topological polar surface area (TPSA) is 41.1 Å². The fraction of sp³-hybridized carbons (Fsp3) is 0.938. The van der Waals surface area contributed by atoms with Crippen molar-refractivity contribution in [1.82, 2.24) is 10.6 Å². The van der Waals surface area contributed by atoms with Gasteiger partial charge in [-0.1, -0.05) is 40.5 Å². The van der Waals surface area contributed by atoms with E-state index in [0.29, 0.717) is 12.0 Å². The van der Waals surface area contributed by atoms with Gasteiger partial charge in [0.05, 0.1) is 6.04 Å². The van der Waals surface area contributed by atoms with E-state index in [1.54, 1.807) is 7.05 Å². The summed E-state index contributed by atoms with van der Waals surface area (Å²) >= 11 is 0. The van der Waals surface area contributed by atoms with Crippen molar-refractivity contribution in [2.45, 2.75) is 71.9 Å². The number of rotatable bonds is 6. The van der Waals surface area contributed by atoms with Gasteiger partial charge in [-0.05, 0) is 37.0 Å². The highest BCUT2D eigenvalue weighted by Gasteiger charge is 2.28. The summed E-state index contributed by atoms with van der Waals surface area (Å²) < 4.78 is 0. The minimum Gasteiger partial charge on any atom is -0.358 e. The summed E-state index contributed by atoms with van der Waals surface area (Å²) in [7, 11) is 1.73. The van der Waals surface area contributed by atoms with Crippen LogP contribution in [0.25, 0.3) is 0 Å². The molecule has 0 aromatic carbocycles. The largest absolute Gasteiger partial charge is 0.358 e. The molecule has 3 heteroatoms. The Morgan fingerprint density at radius 2 is 1.89 bits per heavy atom. The summed E-state index contributed by atoms with van der Waals surface area (Å²) in [6.07, 6.45) is 6.01. The number of amides is 1. The number of likely N-dealkylation sites (N-methyl/N-ethyl adjacent to an activating group) is 1. The highest BCUT2D eigenvalue weighted by atomic mass is 16.2. The Morgan fingerprint density at radius 1 is 1.21 bits per heavy atom. The van der Waals surface area contributed by atoms with E-state index in [0.717, 1.165) is 18.3 Å². The summed E-state index contributed by atoms with van der Waals surface area (Å²) in [5.41, 5.74) is 0. The van der Waals surface area contributed by atoms with Crippen LogP contribution in [-0.2, 0) is 4.79 Å². The molecular formula is C16H32N2O. The molecule has 3 atom stereocenters. The van der Waals surface area contributed by atoms with Crippen molar-refractivity contribution in [2.75, 3.05) is 7.05 Å². The Hall–Kier alpha value is -0.570. The maximum Gasteiger partial charge on any atom is 0.236 e. The van der Waals surface area contributed by atoms with Crippen molar-refractivity contribution < 1.29 is 4.79 Å². The van der Waals surface area contributed by atoms with Gasteiger partial charge in [-0.3, -0.25) is 4.79 Å². The van der Waals surface area contributed by atoms with E-state index in [4.69, 9.17) is 0 Å². The first-order valence-electron chi connectivity index (χ1n) is 7.91. The van der Waals surface area contributed by atoms with Crippen LogP contribution in [-0.4, -0.2) is 25.0 Å². The molecular weight excluding hydrogens is 236 g/mol. The van der Waals surface area contributed by atoms with Gasteiger partial charge in [-0.15, -0.1) is 0 Å². The Balaban J connectivity index is 2.55. The van der Waals surface area contributed by atoms with Gasteiger partial charge in [0.25, 0.3) is 0 Å². The monoisotopic (exact) mass is 268 g/mol. The minimum absolute atomic E-state index is 0.0269. The zero-order chi connectivity index (χ0) is 14.4. The smallest absolute Gasteiger partial charge is 0.236 e. The lowest BCUT2D eigenvalue weighted by Gasteiger charge is -2.34. The van der Waals surface area contributed by atoms with E-state index < -0.39 is 0 Å². The molecule has 0 aliphatic heterocycles. The van der Waals surface area contributed by atoms with E-state index in [1.807, 2.05) is 0 Å². The van der Waals surface area contributed by atoms with Crippen LogP contribution in [0.3, 0.4) is 0 Å². The van der Waals surface area contributed by atoms with Gasteiger partial charge in [0.15, 0.2) is 0 Å². The van der Waals surface area contributed by atoms with Crippen LogP contribution in [0.2, 0.25) is 0 Å². The van der Waals surface area contributed by atoms with Crippen LogP contribution < -0.4 is 10.6 Å². The zero-order valence-electron chi connectivity index (χ0n) is 13.3. The molecule has 3 unspecified atom stereocenters. The lowest BCUT2D eigenvalue weighted by molar-refractivity contribution is -0.123. The van der Waals surface area contributed by atoms with E-state index in [1.165, 1.54) is 25.7 Å². The quantitative estimate of drug-likeness (QED) is 0.777. The van der Waals surface area contributed by atoms with Gasteiger partial charge in [-0.2, -0.15) is 0 Å². The maximum atomic E-state index is 12.0. The maximum absolute atomic E-state index is 12.0. The predicted octanol–water partition coefficient (Wildman–Crippen LogP) is 2.95. The summed E-state index contributed by atoms with van der Waals surface area (Å²) in [6, 6.07) is 0.489. The second kappa shape index (κ2) is 7.88. The van der Waals surface area contributed by atoms with Crippen molar-refractivity contribution in [1.29, 1.82) is 0 Å². The van der Waals surface area contributed by atoms with Gasteiger partial charge < -0.3 is 10.6 Å². The van der Waals surface area contributed by atoms with E-state index >= 15 is 0 Å². The van der Waals surface area contributed by atoms with Crippen LogP contribution in [0.1, 0.15) is 59.8 Å². The first-order chi connectivity index (χ1) is 8.93. The standard InChI is InChI=1S/C16H32N2O/c1-11(2)9-15(16(19)17-5)18-14-8-6-7-13(10-14)12(3)4/h11-15,18H,6-10H2,1-5H3,(H,17,19). The Morgan fingerprint density at radius 3 is 2.42 bits per heavy atom.